The van der Waals surface area contributed by atoms with Crippen molar-refractivity contribution < 1.29 is 18.7 Å². The lowest BCUT2D eigenvalue weighted by molar-refractivity contribution is -0.128. The molecule has 0 saturated carbocycles. The zero-order valence-electron chi connectivity index (χ0n) is 13.5. The zero-order valence-corrected chi connectivity index (χ0v) is 13.5. The van der Waals surface area contributed by atoms with E-state index >= 15 is 0 Å². The van der Waals surface area contributed by atoms with Crippen LogP contribution in [0.3, 0.4) is 0 Å². The van der Waals surface area contributed by atoms with Gasteiger partial charge in [-0.15, -0.1) is 6.58 Å². The van der Waals surface area contributed by atoms with Gasteiger partial charge in [0.15, 0.2) is 6.10 Å². The number of hydrogen-bond acceptors (Lipinski definition) is 5. The smallest absolute Gasteiger partial charge is 0.341 e. The highest BCUT2D eigenvalue weighted by Gasteiger charge is 2.20. The lowest BCUT2D eigenvalue weighted by atomic mass is 10.1. The second-order valence-corrected chi connectivity index (χ2v) is 5.06. The van der Waals surface area contributed by atoms with Gasteiger partial charge in [0.05, 0.1) is 18.4 Å². The quantitative estimate of drug-likeness (QED) is 0.575. The third kappa shape index (κ3) is 4.74. The van der Waals surface area contributed by atoms with E-state index in [0.29, 0.717) is 24.3 Å². The predicted octanol–water partition coefficient (Wildman–Crippen LogP) is 2.74. The summed E-state index contributed by atoms with van der Waals surface area (Å²) in [5.41, 5.74) is 0.963. The van der Waals surface area contributed by atoms with Crippen LogP contribution in [0, 0.1) is 0 Å². The van der Waals surface area contributed by atoms with Gasteiger partial charge in [-0.3, -0.25) is 4.79 Å². The Balaban J connectivity index is 2.00. The Kier molecular flexibility index (Phi) is 6.19. The molecule has 1 aromatic heterocycles. The van der Waals surface area contributed by atoms with E-state index < -0.39 is 12.1 Å². The molecule has 6 heteroatoms. The summed E-state index contributed by atoms with van der Waals surface area (Å²) in [7, 11) is 0. The first-order valence-electron chi connectivity index (χ1n) is 7.56. The van der Waals surface area contributed by atoms with E-state index in [9.17, 15) is 9.59 Å². The van der Waals surface area contributed by atoms with Crippen LogP contribution in [0.15, 0.2) is 59.7 Å². The van der Waals surface area contributed by atoms with Crippen LogP contribution in [0.25, 0.3) is 0 Å². The summed E-state index contributed by atoms with van der Waals surface area (Å²) in [6.07, 6.45) is 2.25. The number of furan rings is 1. The van der Waals surface area contributed by atoms with Crippen molar-refractivity contribution in [1.29, 1.82) is 0 Å². The SMILES string of the molecule is C=CCNC(=O)[C@H](C)OC(=O)c1ccccc1NCc1ccco1. The number of carbonyl (C=O) groups excluding carboxylic acids is 2. The molecule has 6 nitrogen and oxygen atoms in total. The van der Waals surface area contributed by atoms with E-state index in [-0.39, 0.29) is 5.91 Å². The number of esters is 1. The maximum Gasteiger partial charge on any atom is 0.341 e. The molecule has 1 heterocycles. The van der Waals surface area contributed by atoms with Gasteiger partial charge in [-0.2, -0.15) is 0 Å². The molecule has 0 aliphatic rings. The van der Waals surface area contributed by atoms with E-state index in [4.69, 9.17) is 9.15 Å². The highest BCUT2D eigenvalue weighted by atomic mass is 16.5. The minimum atomic E-state index is -0.893. The molecule has 0 aliphatic carbocycles. The molecule has 0 fully saturated rings. The van der Waals surface area contributed by atoms with Crippen molar-refractivity contribution in [3.05, 3.63) is 66.6 Å². The first kappa shape index (κ1) is 17.3. The summed E-state index contributed by atoms with van der Waals surface area (Å²) in [5, 5.41) is 5.71. The Morgan fingerprint density at radius 1 is 1.29 bits per heavy atom. The monoisotopic (exact) mass is 328 g/mol. The van der Waals surface area contributed by atoms with Gasteiger partial charge < -0.3 is 19.8 Å². The standard InChI is InChI=1S/C18H20N2O4/c1-3-10-19-17(21)13(2)24-18(22)15-8-4-5-9-16(15)20-12-14-7-6-11-23-14/h3-9,11,13,20H,1,10,12H2,2H3,(H,19,21)/t13-/m0/s1. The van der Waals surface area contributed by atoms with E-state index in [0.717, 1.165) is 5.76 Å². The number of para-hydroxylation sites is 1. The molecule has 0 radical (unpaired) electrons. The van der Waals surface area contributed by atoms with Crippen LogP contribution in [0.4, 0.5) is 5.69 Å². The third-order valence-electron chi connectivity index (χ3n) is 3.25. The van der Waals surface area contributed by atoms with Crippen LogP contribution in [0.5, 0.6) is 0 Å². The number of rotatable bonds is 8. The molecular formula is C18H20N2O4. The molecule has 1 atom stereocenters. The van der Waals surface area contributed by atoms with E-state index in [1.54, 1.807) is 36.6 Å². The molecule has 0 aliphatic heterocycles. The molecule has 0 spiro atoms. The molecule has 0 saturated heterocycles. The topological polar surface area (TPSA) is 80.6 Å². The van der Waals surface area contributed by atoms with Crippen molar-refractivity contribution in [1.82, 2.24) is 5.32 Å². The fourth-order valence-corrected chi connectivity index (χ4v) is 2.00. The Morgan fingerprint density at radius 3 is 2.79 bits per heavy atom. The number of anilines is 1. The Labute approximate surface area is 140 Å². The van der Waals surface area contributed by atoms with Crippen molar-refractivity contribution >= 4 is 17.6 Å². The van der Waals surface area contributed by atoms with Gasteiger partial charge in [0, 0.05) is 12.2 Å². The third-order valence-corrected chi connectivity index (χ3v) is 3.25. The highest BCUT2D eigenvalue weighted by molar-refractivity contribution is 5.97. The average molecular weight is 328 g/mol. The van der Waals surface area contributed by atoms with Gasteiger partial charge in [-0.25, -0.2) is 4.79 Å². The van der Waals surface area contributed by atoms with Gasteiger partial charge in [0.2, 0.25) is 0 Å². The van der Waals surface area contributed by atoms with Crippen LogP contribution < -0.4 is 10.6 Å². The minimum Gasteiger partial charge on any atom is -0.467 e. The summed E-state index contributed by atoms with van der Waals surface area (Å²) in [6.45, 7) is 5.80. The highest BCUT2D eigenvalue weighted by Crippen LogP contribution is 2.18. The first-order chi connectivity index (χ1) is 11.6. The molecule has 0 bridgehead atoms. The Morgan fingerprint density at radius 2 is 2.08 bits per heavy atom. The van der Waals surface area contributed by atoms with Crippen LogP contribution in [-0.2, 0) is 16.1 Å². The molecule has 2 rings (SSSR count). The first-order valence-corrected chi connectivity index (χ1v) is 7.56. The molecule has 1 aromatic carbocycles. The van der Waals surface area contributed by atoms with Crippen LogP contribution in [-0.4, -0.2) is 24.5 Å². The fourth-order valence-electron chi connectivity index (χ4n) is 2.00. The molecule has 2 N–H and O–H groups in total. The summed E-state index contributed by atoms with van der Waals surface area (Å²) < 4.78 is 10.5. The maximum atomic E-state index is 12.3. The number of hydrogen-bond donors (Lipinski definition) is 2. The second kappa shape index (κ2) is 8.57. The van der Waals surface area contributed by atoms with Crippen LogP contribution >= 0.6 is 0 Å². The number of ether oxygens (including phenoxy) is 1. The molecule has 1 amide bonds. The van der Waals surface area contributed by atoms with Crippen molar-refractivity contribution in [3.8, 4) is 0 Å². The normalized spacial score (nSPS) is 11.4. The Bertz CT molecular complexity index is 695. The number of amides is 1. The van der Waals surface area contributed by atoms with Gasteiger partial charge in [0.25, 0.3) is 5.91 Å². The number of benzene rings is 1. The van der Waals surface area contributed by atoms with Gasteiger partial charge in [-0.1, -0.05) is 18.2 Å². The van der Waals surface area contributed by atoms with Crippen molar-refractivity contribution in [2.24, 2.45) is 0 Å². The van der Waals surface area contributed by atoms with Crippen molar-refractivity contribution in [3.63, 3.8) is 0 Å². The minimum absolute atomic E-state index is 0.321. The summed E-state index contributed by atoms with van der Waals surface area (Å²) in [4.78, 5) is 24.1. The largest absolute Gasteiger partial charge is 0.467 e. The predicted molar refractivity (Wildman–Crippen MR) is 90.6 cm³/mol. The second-order valence-electron chi connectivity index (χ2n) is 5.06. The van der Waals surface area contributed by atoms with E-state index in [1.807, 2.05) is 12.1 Å². The van der Waals surface area contributed by atoms with Crippen molar-refractivity contribution in [2.75, 3.05) is 11.9 Å². The summed E-state index contributed by atoms with van der Waals surface area (Å²) >= 11 is 0. The molecule has 24 heavy (non-hydrogen) atoms. The van der Waals surface area contributed by atoms with Crippen molar-refractivity contribution in [2.45, 2.75) is 19.6 Å². The number of carbonyl (C=O) groups is 2. The molecule has 126 valence electrons. The molecular weight excluding hydrogens is 308 g/mol. The van der Waals surface area contributed by atoms with Crippen LogP contribution in [0.2, 0.25) is 0 Å². The van der Waals surface area contributed by atoms with Gasteiger partial charge in [0.1, 0.15) is 5.76 Å². The molecule has 2 aromatic rings. The Hall–Kier alpha value is -3.02. The van der Waals surface area contributed by atoms with Gasteiger partial charge in [-0.05, 0) is 31.2 Å². The average Bonchev–Trinajstić information content (AvgIpc) is 3.11. The van der Waals surface area contributed by atoms with E-state index in [2.05, 4.69) is 17.2 Å². The number of nitrogens with one attached hydrogen (secondary N) is 2. The summed E-state index contributed by atoms with van der Waals surface area (Å²) in [5.74, 6) is -0.196. The lowest BCUT2D eigenvalue weighted by Gasteiger charge is -2.15. The summed E-state index contributed by atoms with van der Waals surface area (Å²) in [6, 6.07) is 10.6. The lowest BCUT2D eigenvalue weighted by Crippen LogP contribution is -2.35. The van der Waals surface area contributed by atoms with Gasteiger partial charge >= 0.3 is 5.97 Å². The zero-order chi connectivity index (χ0) is 17.4. The fraction of sp³-hybridized carbons (Fsp3) is 0.222. The molecule has 0 unspecified atom stereocenters. The van der Waals surface area contributed by atoms with Crippen LogP contribution in [0.1, 0.15) is 23.0 Å². The van der Waals surface area contributed by atoms with E-state index in [1.165, 1.54) is 6.92 Å². The maximum absolute atomic E-state index is 12.3.